The largest absolute Gasteiger partial charge is 0.371 e. The van der Waals surface area contributed by atoms with Crippen LogP contribution in [0.25, 0.3) is 11.4 Å². The zero-order valence-electron chi connectivity index (χ0n) is 18.0. The summed E-state index contributed by atoms with van der Waals surface area (Å²) in [5.74, 6) is 1.31. The molecule has 2 aliphatic heterocycles. The molecule has 0 saturated carbocycles. The third-order valence-electron chi connectivity index (χ3n) is 6.25. The zero-order chi connectivity index (χ0) is 21.6. The monoisotopic (exact) mass is 422 g/mol. The van der Waals surface area contributed by atoms with Gasteiger partial charge in [-0.15, -0.1) is 5.10 Å². The van der Waals surface area contributed by atoms with Crippen molar-refractivity contribution in [2.45, 2.75) is 45.8 Å². The molecule has 9 heteroatoms. The second kappa shape index (κ2) is 7.56. The predicted molar refractivity (Wildman–Crippen MR) is 114 cm³/mol. The highest BCUT2D eigenvalue weighted by Gasteiger charge is 2.47. The van der Waals surface area contributed by atoms with Gasteiger partial charge in [0.2, 0.25) is 0 Å². The Morgan fingerprint density at radius 1 is 1.23 bits per heavy atom. The average molecular weight is 422 g/mol. The molecule has 2 aliphatic rings. The number of nitrogens with zero attached hydrogens (tertiary/aromatic N) is 6. The maximum atomic E-state index is 12.8. The van der Waals surface area contributed by atoms with Crippen molar-refractivity contribution in [3.8, 4) is 11.4 Å². The van der Waals surface area contributed by atoms with Gasteiger partial charge in [-0.2, -0.15) is 10.2 Å². The number of hydrogen-bond donors (Lipinski definition) is 0. The number of aryl methyl sites for hydroxylation is 2. The molecule has 2 saturated heterocycles. The Hall–Kier alpha value is -3.07. The van der Waals surface area contributed by atoms with Gasteiger partial charge in [0.05, 0.1) is 24.1 Å². The van der Waals surface area contributed by atoms with Crippen LogP contribution in [0.2, 0.25) is 0 Å². The lowest BCUT2D eigenvalue weighted by Gasteiger charge is -2.53. The number of rotatable bonds is 4. The summed E-state index contributed by atoms with van der Waals surface area (Å²) in [4.78, 5) is 15.0. The summed E-state index contributed by atoms with van der Waals surface area (Å²) < 4.78 is 12.8. The Balaban J connectivity index is 1.34. The number of hydrogen-bond acceptors (Lipinski definition) is 8. The molecule has 1 unspecified atom stereocenters. The van der Waals surface area contributed by atoms with Crippen LogP contribution in [0.15, 0.2) is 33.7 Å². The van der Waals surface area contributed by atoms with Crippen molar-refractivity contribution in [1.82, 2.24) is 25.1 Å². The Kier molecular flexibility index (Phi) is 4.85. The lowest BCUT2D eigenvalue weighted by atomic mass is 9.81. The van der Waals surface area contributed by atoms with Crippen LogP contribution in [-0.2, 0) is 11.3 Å². The fraction of sp³-hybridized carbons (Fsp3) is 0.500. The van der Waals surface area contributed by atoms with Crippen molar-refractivity contribution >= 4 is 5.69 Å². The SMILES string of the molecule is Cc1ccc(-c2noc(C)c2Cn2ncc(N3CC4(CC(C)CCO4)C3)cc2=O)nn1. The molecule has 0 amide bonds. The predicted octanol–water partition coefficient (Wildman–Crippen LogP) is 2.36. The molecule has 1 atom stereocenters. The highest BCUT2D eigenvalue weighted by molar-refractivity contribution is 5.58. The van der Waals surface area contributed by atoms with Gasteiger partial charge < -0.3 is 14.2 Å². The molecular formula is C22H26N6O3. The van der Waals surface area contributed by atoms with Crippen LogP contribution in [0.3, 0.4) is 0 Å². The van der Waals surface area contributed by atoms with E-state index in [0.29, 0.717) is 23.1 Å². The fourth-order valence-corrected chi connectivity index (χ4v) is 4.49. The van der Waals surface area contributed by atoms with Crippen LogP contribution in [0.4, 0.5) is 5.69 Å². The van der Waals surface area contributed by atoms with Crippen molar-refractivity contribution in [2.24, 2.45) is 5.92 Å². The second-order valence-corrected chi connectivity index (χ2v) is 8.82. The van der Waals surface area contributed by atoms with E-state index >= 15 is 0 Å². The van der Waals surface area contributed by atoms with Gasteiger partial charge in [0.15, 0.2) is 0 Å². The molecule has 2 fully saturated rings. The normalized spacial score (nSPS) is 20.1. The third-order valence-corrected chi connectivity index (χ3v) is 6.25. The maximum absolute atomic E-state index is 12.8. The quantitative estimate of drug-likeness (QED) is 0.632. The van der Waals surface area contributed by atoms with E-state index in [1.165, 1.54) is 4.68 Å². The second-order valence-electron chi connectivity index (χ2n) is 8.82. The van der Waals surface area contributed by atoms with Crippen LogP contribution in [0, 0.1) is 19.8 Å². The molecule has 3 aromatic heterocycles. The Morgan fingerprint density at radius 3 is 2.77 bits per heavy atom. The molecule has 3 aromatic rings. The molecule has 0 N–H and O–H groups in total. The smallest absolute Gasteiger partial charge is 0.269 e. The van der Waals surface area contributed by atoms with Crippen LogP contribution in [0.5, 0.6) is 0 Å². The van der Waals surface area contributed by atoms with E-state index in [2.05, 4.69) is 32.3 Å². The molecule has 0 aliphatic carbocycles. The van der Waals surface area contributed by atoms with Gasteiger partial charge in [0.1, 0.15) is 22.7 Å². The van der Waals surface area contributed by atoms with Crippen LogP contribution < -0.4 is 10.5 Å². The number of ether oxygens (including phenoxy) is 1. The first-order valence-electron chi connectivity index (χ1n) is 10.6. The molecule has 0 radical (unpaired) electrons. The molecule has 0 bridgehead atoms. The number of anilines is 1. The summed E-state index contributed by atoms with van der Waals surface area (Å²) in [5.41, 5.74) is 3.38. The highest BCUT2D eigenvalue weighted by atomic mass is 16.5. The van der Waals surface area contributed by atoms with E-state index < -0.39 is 0 Å². The number of aromatic nitrogens is 5. The summed E-state index contributed by atoms with van der Waals surface area (Å²) in [5, 5.41) is 16.8. The molecule has 162 valence electrons. The molecular weight excluding hydrogens is 396 g/mol. The Labute approximate surface area is 180 Å². The summed E-state index contributed by atoms with van der Waals surface area (Å²) >= 11 is 0. The first kappa shape index (κ1) is 19.9. The minimum atomic E-state index is -0.169. The standard InChI is InChI=1S/C22H26N6O3/c1-14-6-7-30-22(9-14)12-27(13-22)17-8-20(29)28(23-10-17)11-18-16(3)31-26-21(18)19-5-4-15(2)24-25-19/h4-5,8,10,14H,6-7,9,11-13H2,1-3H3. The summed E-state index contributed by atoms with van der Waals surface area (Å²) in [6.45, 7) is 8.66. The van der Waals surface area contributed by atoms with Crippen molar-refractivity contribution in [3.05, 3.63) is 51.8 Å². The van der Waals surface area contributed by atoms with E-state index in [0.717, 1.165) is 49.5 Å². The summed E-state index contributed by atoms with van der Waals surface area (Å²) in [6, 6.07) is 5.35. The minimum Gasteiger partial charge on any atom is -0.371 e. The Bertz CT molecular complexity index is 1150. The van der Waals surface area contributed by atoms with Crippen molar-refractivity contribution in [2.75, 3.05) is 24.6 Å². The van der Waals surface area contributed by atoms with E-state index in [-0.39, 0.29) is 17.7 Å². The molecule has 1 spiro atoms. The topological polar surface area (TPSA) is 99.2 Å². The van der Waals surface area contributed by atoms with Crippen molar-refractivity contribution < 1.29 is 9.26 Å². The van der Waals surface area contributed by atoms with Crippen molar-refractivity contribution in [3.63, 3.8) is 0 Å². The lowest BCUT2D eigenvalue weighted by Crippen LogP contribution is -2.65. The highest BCUT2D eigenvalue weighted by Crippen LogP contribution is 2.38. The maximum Gasteiger partial charge on any atom is 0.269 e. The van der Waals surface area contributed by atoms with E-state index in [1.54, 1.807) is 12.3 Å². The first-order chi connectivity index (χ1) is 14.9. The van der Waals surface area contributed by atoms with Gasteiger partial charge in [0, 0.05) is 31.3 Å². The molecule has 9 nitrogen and oxygen atoms in total. The van der Waals surface area contributed by atoms with Gasteiger partial charge in [-0.3, -0.25) is 4.79 Å². The molecule has 0 aromatic carbocycles. The molecule has 5 rings (SSSR count). The van der Waals surface area contributed by atoms with Crippen LogP contribution in [0.1, 0.15) is 36.8 Å². The van der Waals surface area contributed by atoms with E-state index in [9.17, 15) is 4.79 Å². The van der Waals surface area contributed by atoms with Crippen molar-refractivity contribution in [1.29, 1.82) is 0 Å². The van der Waals surface area contributed by atoms with Gasteiger partial charge in [-0.05, 0) is 44.7 Å². The van der Waals surface area contributed by atoms with Gasteiger partial charge in [-0.25, -0.2) is 4.68 Å². The average Bonchev–Trinajstić information content (AvgIpc) is 3.08. The van der Waals surface area contributed by atoms with E-state index in [1.807, 2.05) is 26.0 Å². The molecule has 31 heavy (non-hydrogen) atoms. The molecule has 5 heterocycles. The van der Waals surface area contributed by atoms with Gasteiger partial charge in [0.25, 0.3) is 5.56 Å². The fourth-order valence-electron chi connectivity index (χ4n) is 4.49. The minimum absolute atomic E-state index is 0.0594. The third kappa shape index (κ3) is 3.74. The van der Waals surface area contributed by atoms with Crippen LogP contribution in [-0.4, -0.2) is 50.4 Å². The van der Waals surface area contributed by atoms with E-state index in [4.69, 9.17) is 9.26 Å². The zero-order valence-corrected chi connectivity index (χ0v) is 18.0. The van der Waals surface area contributed by atoms with Gasteiger partial charge in [-0.1, -0.05) is 12.1 Å². The van der Waals surface area contributed by atoms with Gasteiger partial charge >= 0.3 is 0 Å². The first-order valence-corrected chi connectivity index (χ1v) is 10.6. The van der Waals surface area contributed by atoms with Crippen LogP contribution >= 0.6 is 0 Å². The summed E-state index contributed by atoms with van der Waals surface area (Å²) in [7, 11) is 0. The lowest BCUT2D eigenvalue weighted by molar-refractivity contribution is -0.110. The summed E-state index contributed by atoms with van der Waals surface area (Å²) in [6.07, 6.45) is 3.94. The Morgan fingerprint density at radius 2 is 2.06 bits per heavy atom.